The summed E-state index contributed by atoms with van der Waals surface area (Å²) in [4.78, 5) is 0. The maximum absolute atomic E-state index is 14.7. The first kappa shape index (κ1) is 14.8. The van der Waals surface area contributed by atoms with Crippen LogP contribution in [0, 0.1) is 5.95 Å². The summed E-state index contributed by atoms with van der Waals surface area (Å²) in [6.07, 6.45) is -2.86. The highest BCUT2D eigenvalue weighted by molar-refractivity contribution is 9.10. The van der Waals surface area contributed by atoms with E-state index in [-0.39, 0.29) is 5.56 Å². The van der Waals surface area contributed by atoms with Crippen LogP contribution < -0.4 is 0 Å². The minimum atomic E-state index is -2.86. The Balaban J connectivity index is 2.21. The molecule has 2 aromatic carbocycles. The first-order valence-electron chi connectivity index (χ1n) is 6.46. The van der Waals surface area contributed by atoms with E-state index >= 15 is 0 Å². The predicted octanol–water partition coefficient (Wildman–Crippen LogP) is 5.38. The maximum atomic E-state index is 14.7. The Morgan fingerprint density at radius 3 is 2.18 bits per heavy atom. The fourth-order valence-electron chi connectivity index (χ4n) is 2.19. The van der Waals surface area contributed by atoms with E-state index in [4.69, 9.17) is 0 Å². The van der Waals surface area contributed by atoms with Crippen molar-refractivity contribution in [1.29, 1.82) is 0 Å². The Bertz CT molecular complexity index is 783. The molecule has 1 heterocycles. The van der Waals surface area contributed by atoms with Gasteiger partial charge in [0.2, 0.25) is 5.95 Å². The SMILES string of the molecule is Fc1c(-c2ccc(Br)cc2)c(C(F)F)nn1-c1ccccc1. The molecule has 0 aliphatic carbocycles. The van der Waals surface area contributed by atoms with Crippen LogP contribution in [0.1, 0.15) is 12.1 Å². The van der Waals surface area contributed by atoms with Crippen LogP contribution >= 0.6 is 15.9 Å². The van der Waals surface area contributed by atoms with Crippen LogP contribution in [0.25, 0.3) is 16.8 Å². The second-order valence-corrected chi connectivity index (χ2v) is 5.52. The van der Waals surface area contributed by atoms with Gasteiger partial charge in [0.1, 0.15) is 5.69 Å². The van der Waals surface area contributed by atoms with Crippen LogP contribution in [0.4, 0.5) is 13.2 Å². The van der Waals surface area contributed by atoms with Crippen molar-refractivity contribution in [2.24, 2.45) is 0 Å². The highest BCUT2D eigenvalue weighted by Gasteiger charge is 2.26. The van der Waals surface area contributed by atoms with Crippen LogP contribution in [0.15, 0.2) is 59.1 Å². The molecule has 3 aromatic rings. The summed E-state index contributed by atoms with van der Waals surface area (Å²) in [5.74, 6) is -0.802. The lowest BCUT2D eigenvalue weighted by Crippen LogP contribution is -1.99. The van der Waals surface area contributed by atoms with Gasteiger partial charge in [-0.15, -0.1) is 0 Å². The van der Waals surface area contributed by atoms with E-state index in [1.807, 2.05) is 0 Å². The number of benzene rings is 2. The number of hydrogen-bond acceptors (Lipinski definition) is 1. The standard InChI is InChI=1S/C16H10BrF3N2/c17-11-8-6-10(7-9-11)13-14(15(18)19)21-22(16(13)20)12-4-2-1-3-5-12/h1-9,15H. The Labute approximate surface area is 133 Å². The third-order valence-corrected chi connectivity index (χ3v) is 3.73. The first-order valence-corrected chi connectivity index (χ1v) is 7.25. The molecule has 0 aliphatic heterocycles. The molecule has 3 rings (SSSR count). The Morgan fingerprint density at radius 1 is 0.955 bits per heavy atom. The minimum absolute atomic E-state index is 0.175. The fourth-order valence-corrected chi connectivity index (χ4v) is 2.45. The van der Waals surface area contributed by atoms with E-state index in [0.717, 1.165) is 9.15 Å². The zero-order chi connectivity index (χ0) is 15.7. The number of nitrogens with zero attached hydrogens (tertiary/aromatic N) is 2. The average molecular weight is 367 g/mol. The summed E-state index contributed by atoms with van der Waals surface area (Å²) in [7, 11) is 0. The second-order valence-electron chi connectivity index (χ2n) is 4.61. The van der Waals surface area contributed by atoms with Crippen molar-refractivity contribution in [2.75, 3.05) is 0 Å². The van der Waals surface area contributed by atoms with Gasteiger partial charge in [-0.05, 0) is 29.8 Å². The van der Waals surface area contributed by atoms with Gasteiger partial charge in [-0.1, -0.05) is 46.3 Å². The second kappa shape index (κ2) is 5.96. The zero-order valence-corrected chi connectivity index (χ0v) is 12.8. The van der Waals surface area contributed by atoms with Crippen molar-refractivity contribution in [3.8, 4) is 16.8 Å². The van der Waals surface area contributed by atoms with E-state index in [1.54, 1.807) is 54.6 Å². The van der Waals surface area contributed by atoms with E-state index < -0.39 is 18.1 Å². The molecule has 112 valence electrons. The molecule has 2 nitrogen and oxygen atoms in total. The van der Waals surface area contributed by atoms with Crippen molar-refractivity contribution >= 4 is 15.9 Å². The molecular formula is C16H10BrF3N2. The number of rotatable bonds is 3. The molecule has 0 N–H and O–H groups in total. The monoisotopic (exact) mass is 366 g/mol. The Morgan fingerprint density at radius 2 is 1.59 bits per heavy atom. The van der Waals surface area contributed by atoms with Crippen LogP contribution in [-0.2, 0) is 0 Å². The molecule has 0 radical (unpaired) electrons. The van der Waals surface area contributed by atoms with Crippen LogP contribution in [0.3, 0.4) is 0 Å². The maximum Gasteiger partial charge on any atom is 0.282 e. The number of alkyl halides is 2. The normalized spacial score (nSPS) is 11.1. The van der Waals surface area contributed by atoms with E-state index in [0.29, 0.717) is 11.3 Å². The average Bonchev–Trinajstić information content (AvgIpc) is 2.87. The van der Waals surface area contributed by atoms with Gasteiger partial charge in [0, 0.05) is 4.47 Å². The number of para-hydroxylation sites is 1. The summed E-state index contributed by atoms with van der Waals surface area (Å²) in [5.41, 5.74) is 0.0125. The van der Waals surface area contributed by atoms with Gasteiger partial charge < -0.3 is 0 Å². The van der Waals surface area contributed by atoms with Gasteiger partial charge in [0.05, 0.1) is 11.3 Å². The summed E-state index contributed by atoms with van der Waals surface area (Å²) in [6.45, 7) is 0. The molecule has 6 heteroatoms. The van der Waals surface area contributed by atoms with Gasteiger partial charge in [-0.3, -0.25) is 0 Å². The molecule has 0 fully saturated rings. The lowest BCUT2D eigenvalue weighted by Gasteiger charge is -2.03. The molecule has 0 aliphatic rings. The predicted molar refractivity (Wildman–Crippen MR) is 81.6 cm³/mol. The number of halogens is 4. The van der Waals surface area contributed by atoms with E-state index in [1.165, 1.54) is 0 Å². The molecule has 0 amide bonds. The molecule has 0 atom stereocenters. The van der Waals surface area contributed by atoms with E-state index in [2.05, 4.69) is 21.0 Å². The van der Waals surface area contributed by atoms with Crippen molar-refractivity contribution in [3.05, 3.63) is 70.7 Å². The van der Waals surface area contributed by atoms with Gasteiger partial charge >= 0.3 is 0 Å². The van der Waals surface area contributed by atoms with Crippen LogP contribution in [0.2, 0.25) is 0 Å². The Hall–Kier alpha value is -2.08. The largest absolute Gasteiger partial charge is 0.282 e. The third kappa shape index (κ3) is 2.66. The van der Waals surface area contributed by atoms with Crippen molar-refractivity contribution in [2.45, 2.75) is 6.43 Å². The van der Waals surface area contributed by atoms with Crippen molar-refractivity contribution in [3.63, 3.8) is 0 Å². The number of hydrogen-bond donors (Lipinski definition) is 0. The summed E-state index contributed by atoms with van der Waals surface area (Å²) >= 11 is 3.26. The van der Waals surface area contributed by atoms with Gasteiger partial charge in [-0.25, -0.2) is 13.5 Å². The summed E-state index contributed by atoms with van der Waals surface area (Å²) < 4.78 is 42.9. The summed E-state index contributed by atoms with van der Waals surface area (Å²) in [5, 5.41) is 3.76. The molecule has 0 unspecified atom stereocenters. The Kier molecular flexibility index (Phi) is 4.02. The van der Waals surface area contributed by atoms with Crippen LogP contribution in [-0.4, -0.2) is 9.78 Å². The molecule has 1 aromatic heterocycles. The number of aromatic nitrogens is 2. The third-order valence-electron chi connectivity index (χ3n) is 3.20. The van der Waals surface area contributed by atoms with Crippen molar-refractivity contribution < 1.29 is 13.2 Å². The zero-order valence-electron chi connectivity index (χ0n) is 11.2. The van der Waals surface area contributed by atoms with Crippen LogP contribution in [0.5, 0.6) is 0 Å². The summed E-state index contributed by atoms with van der Waals surface area (Å²) in [6, 6.07) is 14.8. The minimum Gasteiger partial charge on any atom is -0.206 e. The topological polar surface area (TPSA) is 17.8 Å². The van der Waals surface area contributed by atoms with Gasteiger partial charge in [0.25, 0.3) is 6.43 Å². The highest BCUT2D eigenvalue weighted by atomic mass is 79.9. The highest BCUT2D eigenvalue weighted by Crippen LogP contribution is 2.34. The molecule has 0 bridgehead atoms. The molecule has 0 saturated carbocycles. The smallest absolute Gasteiger partial charge is 0.206 e. The lowest BCUT2D eigenvalue weighted by atomic mass is 10.1. The van der Waals surface area contributed by atoms with Gasteiger partial charge in [0.15, 0.2) is 0 Å². The van der Waals surface area contributed by atoms with E-state index in [9.17, 15) is 13.2 Å². The molecule has 0 saturated heterocycles. The lowest BCUT2D eigenvalue weighted by molar-refractivity contribution is 0.146. The fraction of sp³-hybridized carbons (Fsp3) is 0.0625. The van der Waals surface area contributed by atoms with Gasteiger partial charge in [-0.2, -0.15) is 9.49 Å². The molecule has 0 spiro atoms. The molecule has 22 heavy (non-hydrogen) atoms. The quantitative estimate of drug-likeness (QED) is 0.608. The van der Waals surface area contributed by atoms with Crippen molar-refractivity contribution in [1.82, 2.24) is 9.78 Å². The first-order chi connectivity index (χ1) is 10.6. The molecular weight excluding hydrogens is 357 g/mol.